The fraction of sp³-hybridized carbons (Fsp3) is 0.286. The van der Waals surface area contributed by atoms with Crippen molar-refractivity contribution >= 4 is 23.1 Å². The lowest BCUT2D eigenvalue weighted by Crippen LogP contribution is -3.05. The van der Waals surface area contributed by atoms with Gasteiger partial charge >= 0.3 is 0 Å². The molecule has 1 aromatic heterocycles. The van der Waals surface area contributed by atoms with Gasteiger partial charge in [-0.3, -0.25) is 24.7 Å². The number of Topliss-reactive ketones (excluding diaryl/α,β-unsaturated/α-hetero) is 1. The molecule has 0 saturated carbocycles. The number of non-ortho nitro benzene ring substituents is 1. The van der Waals surface area contributed by atoms with E-state index in [2.05, 4.69) is 4.98 Å². The number of ketones is 1. The molecule has 2 heterocycles. The van der Waals surface area contributed by atoms with E-state index in [4.69, 9.17) is 0 Å². The highest BCUT2D eigenvalue weighted by Crippen LogP contribution is 2.39. The zero-order chi connectivity index (χ0) is 21.8. The van der Waals surface area contributed by atoms with Gasteiger partial charge in [-0.2, -0.15) is 0 Å². The van der Waals surface area contributed by atoms with Crippen molar-refractivity contribution in [2.45, 2.75) is 12.5 Å². The lowest BCUT2D eigenvalue weighted by Gasteiger charge is -2.25. The number of carbonyl (C=O) groups excluding carboxylic acids is 2. The maximum atomic E-state index is 12.8. The number of nitrogens with one attached hydrogen (secondary N) is 1. The third-order valence-corrected chi connectivity index (χ3v) is 4.99. The number of carbonyl (C=O) groups is 2. The van der Waals surface area contributed by atoms with Crippen LogP contribution in [0.25, 0.3) is 5.76 Å². The second-order valence-corrected chi connectivity index (χ2v) is 7.39. The van der Waals surface area contributed by atoms with E-state index in [1.54, 1.807) is 12.1 Å². The van der Waals surface area contributed by atoms with Crippen LogP contribution in [-0.2, 0) is 9.59 Å². The molecule has 1 aliphatic heterocycles. The van der Waals surface area contributed by atoms with Crippen LogP contribution in [0.4, 0.5) is 5.69 Å². The Balaban J connectivity index is 2.08. The van der Waals surface area contributed by atoms with E-state index < -0.39 is 22.7 Å². The van der Waals surface area contributed by atoms with E-state index in [0.29, 0.717) is 24.1 Å². The molecule has 9 nitrogen and oxygen atoms in total. The summed E-state index contributed by atoms with van der Waals surface area (Å²) in [5.41, 5.74) is 0.763. The maximum absolute atomic E-state index is 12.8. The van der Waals surface area contributed by atoms with Crippen molar-refractivity contribution in [2.24, 2.45) is 0 Å². The zero-order valence-electron chi connectivity index (χ0n) is 16.7. The van der Waals surface area contributed by atoms with Crippen molar-refractivity contribution in [3.8, 4) is 0 Å². The number of pyridine rings is 1. The quantitative estimate of drug-likeness (QED) is 0.230. The van der Waals surface area contributed by atoms with E-state index in [0.717, 1.165) is 6.54 Å². The largest absolute Gasteiger partial charge is 0.507 e. The summed E-state index contributed by atoms with van der Waals surface area (Å²) in [6.45, 7) is 1.12. The molecule has 1 aliphatic rings. The van der Waals surface area contributed by atoms with Crippen LogP contribution in [0.3, 0.4) is 0 Å². The Hall–Kier alpha value is -3.59. The number of rotatable bonds is 7. The van der Waals surface area contributed by atoms with Gasteiger partial charge in [0.05, 0.1) is 37.2 Å². The van der Waals surface area contributed by atoms with Crippen molar-refractivity contribution in [2.75, 3.05) is 27.2 Å². The van der Waals surface area contributed by atoms with Crippen molar-refractivity contribution in [1.82, 2.24) is 9.88 Å². The molecule has 1 fully saturated rings. The minimum atomic E-state index is -0.823. The highest BCUT2D eigenvalue weighted by molar-refractivity contribution is 6.46. The van der Waals surface area contributed by atoms with Crippen LogP contribution >= 0.6 is 0 Å². The van der Waals surface area contributed by atoms with Gasteiger partial charge in [0.15, 0.2) is 0 Å². The maximum Gasteiger partial charge on any atom is 0.295 e. The molecule has 30 heavy (non-hydrogen) atoms. The topological polar surface area (TPSA) is 118 Å². The van der Waals surface area contributed by atoms with Gasteiger partial charge in [0, 0.05) is 43.1 Å². The van der Waals surface area contributed by atoms with E-state index in [9.17, 15) is 24.8 Å². The molecular formula is C21H23N4O5+. The number of nitro benzene ring substituents is 1. The molecule has 0 spiro atoms. The predicted molar refractivity (Wildman–Crippen MR) is 109 cm³/mol. The summed E-state index contributed by atoms with van der Waals surface area (Å²) in [4.78, 5) is 42.7. The minimum Gasteiger partial charge on any atom is -0.507 e. The average Bonchev–Trinajstić information content (AvgIpc) is 2.98. The molecule has 1 saturated heterocycles. The Morgan fingerprint density at radius 3 is 2.37 bits per heavy atom. The molecule has 1 aromatic carbocycles. The number of aliphatic hydroxyl groups is 1. The predicted octanol–water partition coefficient (Wildman–Crippen LogP) is 0.946. The number of hydrogen-bond donors (Lipinski definition) is 2. The van der Waals surface area contributed by atoms with Gasteiger partial charge in [-0.15, -0.1) is 0 Å². The third kappa shape index (κ3) is 4.20. The molecule has 0 bridgehead atoms. The van der Waals surface area contributed by atoms with Gasteiger partial charge in [-0.25, -0.2) is 0 Å². The number of amides is 1. The molecule has 2 N–H and O–H groups in total. The summed E-state index contributed by atoms with van der Waals surface area (Å²) >= 11 is 0. The van der Waals surface area contributed by atoms with Gasteiger partial charge < -0.3 is 14.9 Å². The van der Waals surface area contributed by atoms with Crippen molar-refractivity contribution < 1.29 is 24.5 Å². The third-order valence-electron chi connectivity index (χ3n) is 4.99. The number of quaternary nitrogens is 1. The first-order chi connectivity index (χ1) is 14.3. The number of nitrogens with zero attached hydrogens (tertiary/aromatic N) is 3. The Kier molecular flexibility index (Phi) is 6.22. The molecule has 1 atom stereocenters. The van der Waals surface area contributed by atoms with Gasteiger partial charge in [-0.05, 0) is 29.8 Å². The molecular weight excluding hydrogens is 388 g/mol. The summed E-state index contributed by atoms with van der Waals surface area (Å²) in [6.07, 6.45) is 3.62. The first-order valence-corrected chi connectivity index (χ1v) is 9.53. The minimum absolute atomic E-state index is 0.0303. The van der Waals surface area contributed by atoms with Crippen molar-refractivity contribution in [3.05, 3.63) is 75.6 Å². The van der Waals surface area contributed by atoms with Crippen LogP contribution < -0.4 is 4.90 Å². The van der Waals surface area contributed by atoms with Gasteiger partial charge in [0.2, 0.25) is 0 Å². The zero-order valence-corrected chi connectivity index (χ0v) is 16.7. The highest BCUT2D eigenvalue weighted by Gasteiger charge is 2.45. The Morgan fingerprint density at radius 1 is 1.17 bits per heavy atom. The summed E-state index contributed by atoms with van der Waals surface area (Å²) < 4.78 is 0. The first kappa shape index (κ1) is 21.1. The summed E-state index contributed by atoms with van der Waals surface area (Å²) in [6, 6.07) is 7.95. The lowest BCUT2D eigenvalue weighted by molar-refractivity contribution is -0.858. The number of aliphatic hydroxyl groups excluding tert-OH is 1. The van der Waals surface area contributed by atoms with Crippen molar-refractivity contribution in [3.63, 3.8) is 0 Å². The fourth-order valence-corrected chi connectivity index (χ4v) is 3.50. The standard InChI is InChI=1S/C21H22N4O5/c1-23(2)12-3-13-24-18(14-4-6-16(7-5-14)25(29)30)17(20(27)21(24)28)19(26)15-8-10-22-11-9-15/h4-11,18,26H,3,12-13H2,1-2H3/p+1/t18-/m0/s1. The number of nitro groups is 1. The fourth-order valence-electron chi connectivity index (χ4n) is 3.50. The van der Waals surface area contributed by atoms with Crippen molar-refractivity contribution in [1.29, 1.82) is 0 Å². The Morgan fingerprint density at radius 2 is 1.80 bits per heavy atom. The average molecular weight is 411 g/mol. The van der Waals surface area contributed by atoms with Gasteiger partial charge in [0.25, 0.3) is 17.4 Å². The second kappa shape index (κ2) is 8.83. The van der Waals surface area contributed by atoms with Crippen LogP contribution in [0.15, 0.2) is 54.4 Å². The smallest absolute Gasteiger partial charge is 0.295 e. The van der Waals surface area contributed by atoms with Crippen LogP contribution in [0.1, 0.15) is 23.6 Å². The van der Waals surface area contributed by atoms with E-state index in [1.807, 2.05) is 14.1 Å². The molecule has 9 heteroatoms. The van der Waals surface area contributed by atoms with Crippen LogP contribution in [0, 0.1) is 10.1 Å². The summed E-state index contributed by atoms with van der Waals surface area (Å²) in [7, 11) is 3.98. The molecule has 0 unspecified atom stereocenters. The van der Waals surface area contributed by atoms with Crippen LogP contribution in [-0.4, -0.2) is 58.8 Å². The van der Waals surface area contributed by atoms with E-state index >= 15 is 0 Å². The highest BCUT2D eigenvalue weighted by atomic mass is 16.6. The second-order valence-electron chi connectivity index (χ2n) is 7.39. The molecule has 2 aromatic rings. The van der Waals surface area contributed by atoms with Gasteiger partial charge in [-0.1, -0.05) is 0 Å². The molecule has 0 aliphatic carbocycles. The molecule has 1 amide bonds. The number of likely N-dealkylation sites (tertiary alicyclic amines) is 1. The van der Waals surface area contributed by atoms with Crippen LogP contribution in [0.2, 0.25) is 0 Å². The normalized spacial score (nSPS) is 18.2. The van der Waals surface area contributed by atoms with Crippen LogP contribution in [0.5, 0.6) is 0 Å². The molecule has 3 rings (SSSR count). The number of aromatic nitrogens is 1. The molecule has 156 valence electrons. The van der Waals surface area contributed by atoms with Gasteiger partial charge in [0.1, 0.15) is 5.76 Å². The number of hydrogen-bond acceptors (Lipinski definition) is 6. The van der Waals surface area contributed by atoms with E-state index in [1.165, 1.54) is 46.5 Å². The molecule has 0 radical (unpaired) electrons. The number of benzene rings is 1. The first-order valence-electron chi connectivity index (χ1n) is 9.53. The SMILES string of the molecule is C[NH+](C)CCCN1C(=O)C(=O)C(=C(O)c2ccncc2)[C@@H]1c1ccc([N+](=O)[O-])cc1. The summed E-state index contributed by atoms with van der Waals surface area (Å²) in [5, 5.41) is 21.8. The Labute approximate surface area is 173 Å². The summed E-state index contributed by atoms with van der Waals surface area (Å²) in [5.74, 6) is -1.76. The van der Waals surface area contributed by atoms with E-state index in [-0.39, 0.29) is 17.0 Å². The Bertz CT molecular complexity index is 986. The monoisotopic (exact) mass is 411 g/mol. The lowest BCUT2D eigenvalue weighted by atomic mass is 9.95.